The standard InChI is InChI=1S/C30H29N3O3/c1-16-6-8-21-19(12-16)14-33(30(21)36)26-5-3-4-20(17(26)2)22-10-11-24(29(31)35)28-27(22)23-9-7-18(15-34)13-25(23)32-28/h3-6,8,10-12,18,32,34H,7,9,13-15H2,1-2H3,(H2,31,35). The van der Waals surface area contributed by atoms with Crippen molar-refractivity contribution in [1.82, 2.24) is 4.98 Å². The van der Waals surface area contributed by atoms with Crippen molar-refractivity contribution in [3.05, 3.63) is 87.6 Å². The number of fused-ring (bicyclic) bond motifs is 4. The van der Waals surface area contributed by atoms with Crippen molar-refractivity contribution in [2.45, 2.75) is 39.7 Å². The molecule has 2 aliphatic rings. The number of aliphatic hydroxyl groups excluding tert-OH is 1. The molecule has 1 aliphatic heterocycles. The summed E-state index contributed by atoms with van der Waals surface area (Å²) in [6, 6.07) is 15.8. The van der Waals surface area contributed by atoms with Gasteiger partial charge in [-0.25, -0.2) is 0 Å². The van der Waals surface area contributed by atoms with Crippen molar-refractivity contribution >= 4 is 28.4 Å². The van der Waals surface area contributed by atoms with Crippen LogP contribution in [0.1, 0.15) is 55.1 Å². The van der Waals surface area contributed by atoms with E-state index < -0.39 is 5.91 Å². The number of aromatic nitrogens is 1. The maximum atomic E-state index is 13.3. The molecule has 4 N–H and O–H groups in total. The number of aliphatic hydroxyl groups is 1. The first-order valence-corrected chi connectivity index (χ1v) is 12.5. The number of carbonyl (C=O) groups excluding carboxylic acids is 2. The van der Waals surface area contributed by atoms with Gasteiger partial charge in [-0.05, 0) is 85.0 Å². The molecule has 0 saturated heterocycles. The van der Waals surface area contributed by atoms with Gasteiger partial charge in [-0.15, -0.1) is 0 Å². The summed E-state index contributed by atoms with van der Waals surface area (Å²) in [6.45, 7) is 4.80. The maximum Gasteiger partial charge on any atom is 0.258 e. The van der Waals surface area contributed by atoms with Gasteiger partial charge in [0, 0.05) is 28.9 Å². The molecule has 2 amide bonds. The van der Waals surface area contributed by atoms with Crippen molar-refractivity contribution in [2.24, 2.45) is 11.7 Å². The summed E-state index contributed by atoms with van der Waals surface area (Å²) in [6.07, 6.45) is 2.47. The van der Waals surface area contributed by atoms with Gasteiger partial charge in [-0.3, -0.25) is 9.59 Å². The molecular weight excluding hydrogens is 450 g/mol. The number of benzene rings is 3. The Labute approximate surface area is 209 Å². The maximum absolute atomic E-state index is 13.3. The Kier molecular flexibility index (Phi) is 5.23. The lowest BCUT2D eigenvalue weighted by Crippen LogP contribution is -2.24. The van der Waals surface area contributed by atoms with E-state index in [9.17, 15) is 14.7 Å². The van der Waals surface area contributed by atoms with Gasteiger partial charge in [0.15, 0.2) is 0 Å². The Morgan fingerprint density at radius 2 is 1.92 bits per heavy atom. The number of amides is 2. The van der Waals surface area contributed by atoms with Crippen molar-refractivity contribution in [1.29, 1.82) is 0 Å². The lowest BCUT2D eigenvalue weighted by atomic mass is 9.85. The second-order valence-electron chi connectivity index (χ2n) is 10.2. The van der Waals surface area contributed by atoms with E-state index in [1.54, 1.807) is 6.07 Å². The SMILES string of the molecule is Cc1ccc2c(c1)CN(c1cccc(-c3ccc(C(N)=O)c4[nH]c5c(c34)CCC(CO)C5)c1C)C2=O. The van der Waals surface area contributed by atoms with Crippen LogP contribution in [0.2, 0.25) is 0 Å². The average Bonchev–Trinajstić information content (AvgIpc) is 3.40. The van der Waals surface area contributed by atoms with Gasteiger partial charge in [0.2, 0.25) is 0 Å². The summed E-state index contributed by atoms with van der Waals surface area (Å²) >= 11 is 0. The van der Waals surface area contributed by atoms with Crippen LogP contribution in [-0.4, -0.2) is 28.5 Å². The topological polar surface area (TPSA) is 99.4 Å². The van der Waals surface area contributed by atoms with Gasteiger partial charge < -0.3 is 20.7 Å². The second-order valence-corrected chi connectivity index (χ2v) is 10.2. The predicted octanol–water partition coefficient (Wildman–Crippen LogP) is 4.81. The van der Waals surface area contributed by atoms with E-state index in [1.807, 2.05) is 42.2 Å². The average molecular weight is 480 g/mol. The molecule has 36 heavy (non-hydrogen) atoms. The minimum atomic E-state index is -0.468. The van der Waals surface area contributed by atoms with E-state index in [0.29, 0.717) is 12.1 Å². The lowest BCUT2D eigenvalue weighted by Gasteiger charge is -2.22. The Balaban J connectivity index is 1.51. The summed E-state index contributed by atoms with van der Waals surface area (Å²) in [7, 11) is 0. The zero-order valence-electron chi connectivity index (χ0n) is 20.5. The molecule has 4 aromatic rings. The van der Waals surface area contributed by atoms with Crippen molar-refractivity contribution in [2.75, 3.05) is 11.5 Å². The Morgan fingerprint density at radius 1 is 1.11 bits per heavy atom. The smallest absolute Gasteiger partial charge is 0.258 e. The van der Waals surface area contributed by atoms with Gasteiger partial charge >= 0.3 is 0 Å². The van der Waals surface area contributed by atoms with Crippen molar-refractivity contribution < 1.29 is 14.7 Å². The van der Waals surface area contributed by atoms with Crippen LogP contribution in [-0.2, 0) is 19.4 Å². The fourth-order valence-corrected chi connectivity index (χ4v) is 6.05. The minimum absolute atomic E-state index is 0.0218. The summed E-state index contributed by atoms with van der Waals surface area (Å²) in [5.41, 5.74) is 16.1. The molecular formula is C30H29N3O3. The van der Waals surface area contributed by atoms with E-state index in [0.717, 1.165) is 74.9 Å². The van der Waals surface area contributed by atoms with Crippen LogP contribution in [0, 0.1) is 19.8 Å². The molecule has 0 bridgehead atoms. The van der Waals surface area contributed by atoms with E-state index in [2.05, 4.69) is 24.0 Å². The highest BCUT2D eigenvalue weighted by atomic mass is 16.3. The molecule has 0 spiro atoms. The summed E-state index contributed by atoms with van der Waals surface area (Å²) in [5, 5.41) is 10.7. The number of primary amides is 1. The number of aromatic amines is 1. The molecule has 182 valence electrons. The largest absolute Gasteiger partial charge is 0.396 e. The summed E-state index contributed by atoms with van der Waals surface area (Å²) in [5.74, 6) is -0.235. The molecule has 6 heteroatoms. The fraction of sp³-hybridized carbons (Fsp3) is 0.267. The highest BCUT2D eigenvalue weighted by molar-refractivity contribution is 6.13. The first-order chi connectivity index (χ1) is 17.4. The van der Waals surface area contributed by atoms with Crippen molar-refractivity contribution in [3.8, 4) is 11.1 Å². The van der Waals surface area contributed by atoms with Crippen LogP contribution >= 0.6 is 0 Å². The zero-order chi connectivity index (χ0) is 25.1. The predicted molar refractivity (Wildman–Crippen MR) is 141 cm³/mol. The number of H-pyrrole nitrogens is 1. The molecule has 1 aliphatic carbocycles. The number of hydrogen-bond acceptors (Lipinski definition) is 3. The van der Waals surface area contributed by atoms with E-state index >= 15 is 0 Å². The van der Waals surface area contributed by atoms with Crippen molar-refractivity contribution in [3.63, 3.8) is 0 Å². The molecule has 3 aromatic carbocycles. The number of nitrogens with two attached hydrogens (primary N) is 1. The first-order valence-electron chi connectivity index (χ1n) is 12.5. The lowest BCUT2D eigenvalue weighted by molar-refractivity contribution is 0.0990. The quantitative estimate of drug-likeness (QED) is 0.392. The minimum Gasteiger partial charge on any atom is -0.396 e. The number of anilines is 1. The molecule has 6 nitrogen and oxygen atoms in total. The van der Waals surface area contributed by atoms with Gasteiger partial charge in [0.05, 0.1) is 17.6 Å². The Morgan fingerprint density at radius 3 is 2.69 bits per heavy atom. The third-order valence-electron chi connectivity index (χ3n) is 7.92. The molecule has 1 aromatic heterocycles. The normalized spacial score (nSPS) is 16.9. The molecule has 0 saturated carbocycles. The highest BCUT2D eigenvalue weighted by Gasteiger charge is 2.31. The number of nitrogens with zero attached hydrogens (tertiary/aromatic N) is 1. The van der Waals surface area contributed by atoms with E-state index in [4.69, 9.17) is 5.73 Å². The van der Waals surface area contributed by atoms with Gasteiger partial charge in [-0.1, -0.05) is 35.9 Å². The van der Waals surface area contributed by atoms with Crippen LogP contribution in [0.4, 0.5) is 5.69 Å². The fourth-order valence-electron chi connectivity index (χ4n) is 6.05. The third-order valence-corrected chi connectivity index (χ3v) is 7.92. The van der Waals surface area contributed by atoms with Crippen LogP contribution < -0.4 is 10.6 Å². The van der Waals surface area contributed by atoms with Crippen LogP contribution in [0.15, 0.2) is 48.5 Å². The van der Waals surface area contributed by atoms with E-state index in [-0.39, 0.29) is 18.4 Å². The summed E-state index contributed by atoms with van der Waals surface area (Å²) < 4.78 is 0. The number of rotatable bonds is 4. The van der Waals surface area contributed by atoms with Crippen LogP contribution in [0.3, 0.4) is 0 Å². The number of aryl methyl sites for hydroxylation is 2. The van der Waals surface area contributed by atoms with E-state index in [1.165, 1.54) is 5.56 Å². The number of nitrogens with one attached hydrogen (secondary N) is 1. The van der Waals surface area contributed by atoms with Gasteiger partial charge in [-0.2, -0.15) is 0 Å². The second kappa shape index (κ2) is 8.35. The number of hydrogen-bond donors (Lipinski definition) is 3. The monoisotopic (exact) mass is 479 g/mol. The Bertz CT molecular complexity index is 1570. The Hall–Kier alpha value is -3.90. The zero-order valence-corrected chi connectivity index (χ0v) is 20.5. The molecule has 1 atom stereocenters. The van der Waals surface area contributed by atoms with Gasteiger partial charge in [0.25, 0.3) is 11.8 Å². The highest BCUT2D eigenvalue weighted by Crippen LogP contribution is 2.42. The third kappa shape index (κ3) is 3.36. The molecule has 0 fully saturated rings. The van der Waals surface area contributed by atoms with Crippen LogP contribution in [0.25, 0.3) is 22.0 Å². The molecule has 0 radical (unpaired) electrons. The molecule has 6 rings (SSSR count). The first kappa shape index (κ1) is 22.6. The molecule has 1 unspecified atom stereocenters. The summed E-state index contributed by atoms with van der Waals surface area (Å²) in [4.78, 5) is 30.9. The van der Waals surface area contributed by atoms with Gasteiger partial charge in [0.1, 0.15) is 0 Å². The molecule has 2 heterocycles. The number of carbonyl (C=O) groups is 2. The van der Waals surface area contributed by atoms with Crippen LogP contribution in [0.5, 0.6) is 0 Å².